The van der Waals surface area contributed by atoms with Crippen LogP contribution in [-0.2, 0) is 4.79 Å². The number of amides is 1. The van der Waals surface area contributed by atoms with Gasteiger partial charge in [-0.3, -0.25) is 4.79 Å². The summed E-state index contributed by atoms with van der Waals surface area (Å²) in [6.07, 6.45) is 0. The minimum Gasteiger partial charge on any atom is -0.341 e. The Morgan fingerprint density at radius 1 is 1.73 bits per heavy atom. The summed E-state index contributed by atoms with van der Waals surface area (Å²) in [5.74, 6) is 0.0907. The van der Waals surface area contributed by atoms with Gasteiger partial charge in [-0.25, -0.2) is 0 Å². The highest BCUT2D eigenvalue weighted by atomic mass is 79.9. The van der Waals surface area contributed by atoms with Crippen LogP contribution >= 0.6 is 15.9 Å². The van der Waals surface area contributed by atoms with E-state index in [0.717, 1.165) is 5.57 Å². The molecule has 0 bridgehead atoms. The van der Waals surface area contributed by atoms with Crippen molar-refractivity contribution in [3.05, 3.63) is 12.2 Å². The Bertz CT molecular complexity index is 165. The molecule has 2 nitrogen and oxygen atoms in total. The van der Waals surface area contributed by atoms with Crippen LogP contribution in [0, 0.1) is 0 Å². The van der Waals surface area contributed by atoms with Gasteiger partial charge in [-0.05, 0) is 13.8 Å². The lowest BCUT2D eigenvalue weighted by Crippen LogP contribution is -2.32. The number of carbonyl (C=O) groups excluding carboxylic acids is 1. The SMILES string of the molecule is C=C(C)CN(C)C(=O)C(C)Br. The van der Waals surface area contributed by atoms with Crippen molar-refractivity contribution in [2.45, 2.75) is 18.7 Å². The fourth-order valence-corrected chi connectivity index (χ4v) is 1.14. The minimum atomic E-state index is -0.105. The first-order valence-electron chi connectivity index (χ1n) is 3.48. The lowest BCUT2D eigenvalue weighted by atomic mass is 10.3. The van der Waals surface area contributed by atoms with Crippen LogP contribution in [0.5, 0.6) is 0 Å². The molecule has 11 heavy (non-hydrogen) atoms. The second-order valence-electron chi connectivity index (χ2n) is 2.77. The summed E-state index contributed by atoms with van der Waals surface area (Å²) < 4.78 is 0. The van der Waals surface area contributed by atoms with Gasteiger partial charge in [0.05, 0.1) is 4.83 Å². The van der Waals surface area contributed by atoms with Gasteiger partial charge in [-0.2, -0.15) is 0 Å². The molecular weight excluding hydrogens is 206 g/mol. The highest BCUT2D eigenvalue weighted by molar-refractivity contribution is 9.10. The van der Waals surface area contributed by atoms with Gasteiger partial charge >= 0.3 is 0 Å². The zero-order chi connectivity index (χ0) is 9.02. The monoisotopic (exact) mass is 219 g/mol. The van der Waals surface area contributed by atoms with E-state index in [1.165, 1.54) is 0 Å². The van der Waals surface area contributed by atoms with Gasteiger partial charge in [-0.1, -0.05) is 28.1 Å². The predicted octanol–water partition coefficient (Wildman–Crippen LogP) is 1.80. The van der Waals surface area contributed by atoms with Crippen molar-refractivity contribution in [3.63, 3.8) is 0 Å². The molecule has 0 N–H and O–H groups in total. The lowest BCUT2D eigenvalue weighted by molar-refractivity contribution is -0.128. The first-order valence-corrected chi connectivity index (χ1v) is 4.40. The second kappa shape index (κ2) is 4.54. The zero-order valence-corrected chi connectivity index (χ0v) is 8.81. The van der Waals surface area contributed by atoms with E-state index in [-0.39, 0.29) is 10.7 Å². The van der Waals surface area contributed by atoms with Gasteiger partial charge in [0.1, 0.15) is 0 Å². The number of halogens is 1. The van der Waals surface area contributed by atoms with E-state index in [1.807, 2.05) is 13.8 Å². The number of nitrogens with zero attached hydrogens (tertiary/aromatic N) is 1. The fraction of sp³-hybridized carbons (Fsp3) is 0.625. The zero-order valence-electron chi connectivity index (χ0n) is 7.22. The van der Waals surface area contributed by atoms with E-state index in [0.29, 0.717) is 6.54 Å². The topological polar surface area (TPSA) is 20.3 Å². The van der Waals surface area contributed by atoms with Crippen LogP contribution < -0.4 is 0 Å². The Balaban J connectivity index is 3.93. The molecule has 0 rings (SSSR count). The number of carbonyl (C=O) groups is 1. The lowest BCUT2D eigenvalue weighted by Gasteiger charge is -2.18. The normalized spacial score (nSPS) is 12.4. The van der Waals surface area contributed by atoms with Crippen molar-refractivity contribution in [3.8, 4) is 0 Å². The van der Waals surface area contributed by atoms with Crippen molar-refractivity contribution < 1.29 is 4.79 Å². The Kier molecular flexibility index (Phi) is 4.42. The molecule has 3 heteroatoms. The standard InChI is InChI=1S/C8H14BrNO/c1-6(2)5-10(4)8(11)7(3)9/h7H,1,5H2,2-4H3. The first kappa shape index (κ1) is 10.7. The predicted molar refractivity (Wildman–Crippen MR) is 50.8 cm³/mol. The maximum Gasteiger partial charge on any atom is 0.236 e. The number of hydrogen-bond donors (Lipinski definition) is 0. The van der Waals surface area contributed by atoms with Gasteiger partial charge in [0.15, 0.2) is 0 Å². The number of hydrogen-bond acceptors (Lipinski definition) is 1. The first-order chi connectivity index (χ1) is 4.95. The number of alkyl halides is 1. The Morgan fingerprint density at radius 3 is 2.45 bits per heavy atom. The van der Waals surface area contributed by atoms with E-state index < -0.39 is 0 Å². The Morgan fingerprint density at radius 2 is 2.18 bits per heavy atom. The van der Waals surface area contributed by atoms with E-state index in [2.05, 4.69) is 22.5 Å². The third-order valence-corrected chi connectivity index (χ3v) is 1.62. The summed E-state index contributed by atoms with van der Waals surface area (Å²) in [5.41, 5.74) is 0.994. The van der Waals surface area contributed by atoms with Crippen molar-refractivity contribution in [1.82, 2.24) is 4.90 Å². The number of likely N-dealkylation sites (N-methyl/N-ethyl adjacent to an activating group) is 1. The summed E-state index contributed by atoms with van der Waals surface area (Å²) >= 11 is 3.21. The summed E-state index contributed by atoms with van der Waals surface area (Å²) in [4.78, 5) is 12.8. The highest BCUT2D eigenvalue weighted by Crippen LogP contribution is 2.03. The molecule has 0 fully saturated rings. The molecule has 64 valence electrons. The molecule has 0 heterocycles. The molecule has 1 unspecified atom stereocenters. The van der Waals surface area contributed by atoms with Crippen LogP contribution in [0.25, 0.3) is 0 Å². The van der Waals surface area contributed by atoms with Crippen LogP contribution in [-0.4, -0.2) is 29.2 Å². The van der Waals surface area contributed by atoms with Crippen molar-refractivity contribution in [2.24, 2.45) is 0 Å². The van der Waals surface area contributed by atoms with Gasteiger partial charge in [0.2, 0.25) is 5.91 Å². The van der Waals surface area contributed by atoms with E-state index in [4.69, 9.17) is 0 Å². The number of rotatable bonds is 3. The van der Waals surface area contributed by atoms with Gasteiger partial charge < -0.3 is 4.90 Å². The average Bonchev–Trinajstić information content (AvgIpc) is 1.84. The summed E-state index contributed by atoms with van der Waals surface area (Å²) in [7, 11) is 1.77. The molecule has 0 spiro atoms. The van der Waals surface area contributed by atoms with E-state index in [9.17, 15) is 4.79 Å². The molecule has 0 aromatic rings. The summed E-state index contributed by atoms with van der Waals surface area (Å²) in [6.45, 7) is 8.08. The second-order valence-corrected chi connectivity index (χ2v) is 4.14. The van der Waals surface area contributed by atoms with Crippen molar-refractivity contribution in [1.29, 1.82) is 0 Å². The van der Waals surface area contributed by atoms with Gasteiger partial charge in [-0.15, -0.1) is 0 Å². The van der Waals surface area contributed by atoms with Crippen LogP contribution in [0.4, 0.5) is 0 Å². The highest BCUT2D eigenvalue weighted by Gasteiger charge is 2.13. The molecule has 0 saturated carbocycles. The molecule has 0 aliphatic rings. The Labute approximate surface area is 76.4 Å². The van der Waals surface area contributed by atoms with Crippen LogP contribution in [0.1, 0.15) is 13.8 Å². The molecule has 1 amide bonds. The maximum atomic E-state index is 11.2. The molecule has 1 atom stereocenters. The summed E-state index contributed by atoms with van der Waals surface area (Å²) in [6, 6.07) is 0. The van der Waals surface area contributed by atoms with E-state index >= 15 is 0 Å². The van der Waals surface area contributed by atoms with Crippen molar-refractivity contribution >= 4 is 21.8 Å². The summed E-state index contributed by atoms with van der Waals surface area (Å²) in [5, 5.41) is 0. The third-order valence-electron chi connectivity index (χ3n) is 1.22. The Hall–Kier alpha value is -0.310. The fourth-order valence-electron chi connectivity index (χ4n) is 0.786. The van der Waals surface area contributed by atoms with Crippen LogP contribution in [0.2, 0.25) is 0 Å². The molecule has 0 aliphatic carbocycles. The quantitative estimate of drug-likeness (QED) is 0.524. The van der Waals surface area contributed by atoms with Crippen LogP contribution in [0.15, 0.2) is 12.2 Å². The molecular formula is C8H14BrNO. The average molecular weight is 220 g/mol. The molecule has 0 aromatic heterocycles. The van der Waals surface area contributed by atoms with Crippen molar-refractivity contribution in [2.75, 3.05) is 13.6 Å². The van der Waals surface area contributed by atoms with E-state index in [1.54, 1.807) is 11.9 Å². The molecule has 0 aliphatic heterocycles. The van der Waals surface area contributed by atoms with Gasteiger partial charge in [0.25, 0.3) is 0 Å². The smallest absolute Gasteiger partial charge is 0.236 e. The van der Waals surface area contributed by atoms with Crippen LogP contribution in [0.3, 0.4) is 0 Å². The van der Waals surface area contributed by atoms with Gasteiger partial charge in [0, 0.05) is 13.6 Å². The molecule has 0 saturated heterocycles. The largest absolute Gasteiger partial charge is 0.341 e. The molecule has 0 aromatic carbocycles. The minimum absolute atomic E-state index is 0.0907. The maximum absolute atomic E-state index is 11.2. The molecule has 0 radical (unpaired) electrons. The third kappa shape index (κ3) is 4.19.